The summed E-state index contributed by atoms with van der Waals surface area (Å²) in [5.74, 6) is -0.0687. The van der Waals surface area contributed by atoms with Gasteiger partial charge < -0.3 is 15.5 Å². The van der Waals surface area contributed by atoms with Gasteiger partial charge in [0.05, 0.1) is 6.54 Å². The van der Waals surface area contributed by atoms with Gasteiger partial charge in [0.2, 0.25) is 11.8 Å². The number of nitrogens with one attached hydrogen (secondary N) is 2. The van der Waals surface area contributed by atoms with E-state index in [-0.39, 0.29) is 23.9 Å². The number of anilines is 1. The van der Waals surface area contributed by atoms with Crippen LogP contribution >= 0.6 is 0 Å². The van der Waals surface area contributed by atoms with Gasteiger partial charge in [-0.25, -0.2) is 0 Å². The molecule has 5 nitrogen and oxygen atoms in total. The van der Waals surface area contributed by atoms with Crippen LogP contribution in [0.2, 0.25) is 0 Å². The van der Waals surface area contributed by atoms with Crippen LogP contribution in [-0.2, 0) is 16.1 Å². The van der Waals surface area contributed by atoms with Crippen LogP contribution in [0, 0.1) is 0 Å². The maximum atomic E-state index is 11.9. The maximum absolute atomic E-state index is 11.9. The average Bonchev–Trinajstić information content (AvgIpc) is 2.36. The second-order valence-corrected chi connectivity index (χ2v) is 6.23. The van der Waals surface area contributed by atoms with Crippen molar-refractivity contribution in [1.82, 2.24) is 10.2 Å². The molecule has 0 aliphatic rings. The molecule has 0 aliphatic heterocycles. The SMILES string of the molecule is CC(=O)N(C)Cc1cccc(NC(=O)CNC(C)(C)C)c1. The quantitative estimate of drug-likeness (QED) is 0.872. The molecule has 0 saturated carbocycles. The summed E-state index contributed by atoms with van der Waals surface area (Å²) in [4.78, 5) is 24.7. The van der Waals surface area contributed by atoms with Gasteiger partial charge in [0.25, 0.3) is 0 Å². The van der Waals surface area contributed by atoms with E-state index in [4.69, 9.17) is 0 Å². The highest BCUT2D eigenvalue weighted by molar-refractivity contribution is 5.92. The lowest BCUT2D eigenvalue weighted by molar-refractivity contribution is -0.128. The molecule has 2 N–H and O–H groups in total. The van der Waals surface area contributed by atoms with Crippen molar-refractivity contribution < 1.29 is 9.59 Å². The number of amides is 2. The zero-order valence-electron chi connectivity index (χ0n) is 13.5. The Balaban J connectivity index is 2.60. The average molecular weight is 291 g/mol. The Labute approximate surface area is 126 Å². The molecule has 0 aromatic heterocycles. The van der Waals surface area contributed by atoms with Crippen LogP contribution in [0.3, 0.4) is 0 Å². The molecule has 0 bridgehead atoms. The molecule has 5 heteroatoms. The maximum Gasteiger partial charge on any atom is 0.238 e. The van der Waals surface area contributed by atoms with Crippen LogP contribution in [0.15, 0.2) is 24.3 Å². The third-order valence-corrected chi connectivity index (χ3v) is 2.95. The van der Waals surface area contributed by atoms with E-state index in [0.29, 0.717) is 6.54 Å². The number of hydrogen-bond acceptors (Lipinski definition) is 3. The fraction of sp³-hybridized carbons (Fsp3) is 0.500. The number of nitrogens with zero attached hydrogens (tertiary/aromatic N) is 1. The highest BCUT2D eigenvalue weighted by atomic mass is 16.2. The summed E-state index contributed by atoms with van der Waals surface area (Å²) < 4.78 is 0. The fourth-order valence-electron chi connectivity index (χ4n) is 1.68. The van der Waals surface area contributed by atoms with Gasteiger partial charge in [-0.2, -0.15) is 0 Å². The van der Waals surface area contributed by atoms with Gasteiger partial charge in [0.15, 0.2) is 0 Å². The van der Waals surface area contributed by atoms with Crippen LogP contribution in [0.5, 0.6) is 0 Å². The van der Waals surface area contributed by atoms with E-state index in [9.17, 15) is 9.59 Å². The minimum atomic E-state index is -0.0939. The Kier molecular flexibility index (Phi) is 5.90. The van der Waals surface area contributed by atoms with Gasteiger partial charge in [-0.1, -0.05) is 12.1 Å². The topological polar surface area (TPSA) is 61.4 Å². The number of rotatable bonds is 5. The van der Waals surface area contributed by atoms with Crippen LogP contribution in [0.25, 0.3) is 0 Å². The van der Waals surface area contributed by atoms with E-state index in [1.807, 2.05) is 45.0 Å². The molecule has 116 valence electrons. The van der Waals surface area contributed by atoms with Crippen molar-refractivity contribution in [3.05, 3.63) is 29.8 Å². The molecule has 0 unspecified atom stereocenters. The van der Waals surface area contributed by atoms with E-state index >= 15 is 0 Å². The molecular weight excluding hydrogens is 266 g/mol. The summed E-state index contributed by atoms with van der Waals surface area (Å²) in [5, 5.41) is 5.99. The molecule has 0 spiro atoms. The van der Waals surface area contributed by atoms with Crippen molar-refractivity contribution in [3.63, 3.8) is 0 Å². The van der Waals surface area contributed by atoms with E-state index < -0.39 is 0 Å². The smallest absolute Gasteiger partial charge is 0.238 e. The van der Waals surface area contributed by atoms with E-state index in [0.717, 1.165) is 11.3 Å². The third-order valence-electron chi connectivity index (χ3n) is 2.95. The Morgan fingerprint density at radius 3 is 2.48 bits per heavy atom. The van der Waals surface area contributed by atoms with Gasteiger partial charge in [-0.15, -0.1) is 0 Å². The number of hydrogen-bond donors (Lipinski definition) is 2. The van der Waals surface area contributed by atoms with E-state index in [1.54, 1.807) is 11.9 Å². The zero-order chi connectivity index (χ0) is 16.0. The van der Waals surface area contributed by atoms with E-state index in [1.165, 1.54) is 6.92 Å². The zero-order valence-corrected chi connectivity index (χ0v) is 13.5. The van der Waals surface area contributed by atoms with Gasteiger partial charge in [-0.3, -0.25) is 9.59 Å². The largest absolute Gasteiger partial charge is 0.342 e. The summed E-state index contributed by atoms with van der Waals surface area (Å²) >= 11 is 0. The minimum Gasteiger partial charge on any atom is -0.342 e. The van der Waals surface area contributed by atoms with Gasteiger partial charge >= 0.3 is 0 Å². The van der Waals surface area contributed by atoms with Crippen LogP contribution < -0.4 is 10.6 Å². The van der Waals surface area contributed by atoms with Crippen LogP contribution in [0.4, 0.5) is 5.69 Å². The summed E-state index contributed by atoms with van der Waals surface area (Å²) in [6.45, 7) is 8.36. The summed E-state index contributed by atoms with van der Waals surface area (Å²) in [5.41, 5.74) is 1.63. The third kappa shape index (κ3) is 6.90. The molecule has 0 fully saturated rings. The Hall–Kier alpha value is -1.88. The van der Waals surface area contributed by atoms with E-state index in [2.05, 4.69) is 10.6 Å². The van der Waals surface area contributed by atoms with Crippen molar-refractivity contribution in [2.24, 2.45) is 0 Å². The first-order valence-electron chi connectivity index (χ1n) is 7.03. The van der Waals surface area contributed by atoms with Gasteiger partial charge in [0, 0.05) is 31.7 Å². The van der Waals surface area contributed by atoms with Gasteiger partial charge in [0.1, 0.15) is 0 Å². The molecule has 2 amide bonds. The molecule has 1 aromatic carbocycles. The lowest BCUT2D eigenvalue weighted by atomic mass is 10.1. The highest BCUT2D eigenvalue weighted by Crippen LogP contribution is 2.12. The first kappa shape index (κ1) is 17.2. The molecule has 0 saturated heterocycles. The number of carbonyl (C=O) groups is 2. The lowest BCUT2D eigenvalue weighted by Gasteiger charge is -2.20. The second-order valence-electron chi connectivity index (χ2n) is 6.23. The first-order chi connectivity index (χ1) is 9.67. The lowest BCUT2D eigenvalue weighted by Crippen LogP contribution is -2.41. The molecular formula is C16H25N3O2. The molecule has 1 aromatic rings. The standard InChI is InChI=1S/C16H25N3O2/c1-12(20)19(5)11-13-7-6-8-14(9-13)18-15(21)10-17-16(2,3)4/h6-9,17H,10-11H2,1-5H3,(H,18,21). The number of benzene rings is 1. The normalized spacial score (nSPS) is 11.1. The Morgan fingerprint density at radius 1 is 1.24 bits per heavy atom. The molecule has 0 heterocycles. The second kappa shape index (κ2) is 7.22. The first-order valence-corrected chi connectivity index (χ1v) is 7.03. The van der Waals surface area contributed by atoms with Crippen molar-refractivity contribution in [3.8, 4) is 0 Å². The number of carbonyl (C=O) groups excluding carboxylic acids is 2. The highest BCUT2D eigenvalue weighted by Gasteiger charge is 2.11. The predicted octanol–water partition coefficient (Wildman–Crippen LogP) is 1.99. The van der Waals surface area contributed by atoms with Crippen LogP contribution in [0.1, 0.15) is 33.3 Å². The molecule has 1 rings (SSSR count). The molecule has 0 atom stereocenters. The minimum absolute atomic E-state index is 0.0128. The van der Waals surface area contributed by atoms with Gasteiger partial charge in [-0.05, 0) is 38.5 Å². The Bertz CT molecular complexity index is 506. The van der Waals surface area contributed by atoms with Crippen molar-refractivity contribution in [2.45, 2.75) is 39.8 Å². The van der Waals surface area contributed by atoms with Crippen molar-refractivity contribution in [2.75, 3.05) is 18.9 Å². The molecule has 0 aliphatic carbocycles. The summed E-state index contributed by atoms with van der Waals surface area (Å²) in [6, 6.07) is 7.53. The van der Waals surface area contributed by atoms with Crippen molar-refractivity contribution in [1.29, 1.82) is 0 Å². The summed E-state index contributed by atoms with van der Waals surface area (Å²) in [6.07, 6.45) is 0. The Morgan fingerprint density at radius 2 is 1.90 bits per heavy atom. The molecule has 21 heavy (non-hydrogen) atoms. The predicted molar refractivity (Wildman–Crippen MR) is 85.0 cm³/mol. The molecule has 0 radical (unpaired) electrons. The van der Waals surface area contributed by atoms with Crippen LogP contribution in [-0.4, -0.2) is 35.8 Å². The monoisotopic (exact) mass is 291 g/mol. The fourth-order valence-corrected chi connectivity index (χ4v) is 1.68. The van der Waals surface area contributed by atoms with Crippen molar-refractivity contribution >= 4 is 17.5 Å². The summed E-state index contributed by atoms with van der Waals surface area (Å²) in [7, 11) is 1.75.